The van der Waals surface area contributed by atoms with Crippen molar-refractivity contribution in [3.05, 3.63) is 24.3 Å². The Morgan fingerprint density at radius 1 is 0.974 bits per heavy atom. The van der Waals surface area contributed by atoms with Gasteiger partial charge >= 0.3 is 0 Å². The highest BCUT2D eigenvalue weighted by Crippen LogP contribution is 2.33. The minimum absolute atomic E-state index is 0.0621. The fourth-order valence-corrected chi connectivity index (χ4v) is 7.66. The lowest BCUT2D eigenvalue weighted by Crippen LogP contribution is -2.48. The Balaban J connectivity index is 2.93. The van der Waals surface area contributed by atoms with Crippen LogP contribution in [-0.4, -0.2) is 60.6 Å². The van der Waals surface area contributed by atoms with Gasteiger partial charge in [0.1, 0.15) is 0 Å². The van der Waals surface area contributed by atoms with Crippen LogP contribution >= 0.6 is 0 Å². The molecular formula is C29H58O6Si3. The van der Waals surface area contributed by atoms with Crippen LogP contribution in [-0.2, 0) is 22.8 Å². The van der Waals surface area contributed by atoms with Crippen molar-refractivity contribution >= 4 is 30.9 Å². The standard InChI is InChI=1S/C29H58O6Si3/c1-11-12-15-18-24(33-36(2,3)4)21-22-26-25(27(23-29(31)32-26)34-37(5,6)7)19-16-13-14-17-20-28(30)35-38(8,9)10/h13,16,21-22,24-27,29,31H,11-12,14-15,17-20,23H2,1-10H3/b16-13-,22-21+/t24-,25+,26+,27-,29?/m0/s1. The van der Waals surface area contributed by atoms with Gasteiger partial charge < -0.3 is 23.1 Å². The first-order chi connectivity index (χ1) is 17.5. The highest BCUT2D eigenvalue weighted by molar-refractivity contribution is 6.71. The van der Waals surface area contributed by atoms with E-state index in [4.69, 9.17) is 18.0 Å². The normalized spacial score (nSPS) is 24.3. The van der Waals surface area contributed by atoms with Crippen molar-refractivity contribution < 1.29 is 27.9 Å². The zero-order chi connectivity index (χ0) is 29.0. The largest absolute Gasteiger partial charge is 0.520 e. The second-order valence-electron chi connectivity index (χ2n) is 13.6. The number of aliphatic hydroxyl groups is 1. The molecule has 0 radical (unpaired) electrons. The summed E-state index contributed by atoms with van der Waals surface area (Å²) in [6.45, 7) is 21.6. The van der Waals surface area contributed by atoms with Gasteiger partial charge in [-0.1, -0.05) is 50.5 Å². The van der Waals surface area contributed by atoms with Gasteiger partial charge in [-0.3, -0.25) is 4.79 Å². The van der Waals surface area contributed by atoms with Crippen molar-refractivity contribution in [3.8, 4) is 0 Å². The van der Waals surface area contributed by atoms with Crippen molar-refractivity contribution in [2.45, 2.75) is 148 Å². The van der Waals surface area contributed by atoms with E-state index in [1.54, 1.807) is 0 Å². The van der Waals surface area contributed by atoms with E-state index in [1.165, 1.54) is 12.8 Å². The first-order valence-electron chi connectivity index (χ1n) is 14.7. The zero-order valence-electron chi connectivity index (χ0n) is 26.0. The van der Waals surface area contributed by atoms with Crippen LogP contribution in [0.3, 0.4) is 0 Å². The molecule has 0 aromatic carbocycles. The molecule has 1 saturated heterocycles. The summed E-state index contributed by atoms with van der Waals surface area (Å²) in [5.41, 5.74) is 0. The average molecular weight is 587 g/mol. The van der Waals surface area contributed by atoms with Gasteiger partial charge in [0, 0.05) is 18.8 Å². The van der Waals surface area contributed by atoms with Crippen LogP contribution in [0.1, 0.15) is 64.7 Å². The first-order valence-corrected chi connectivity index (χ1v) is 25.0. The van der Waals surface area contributed by atoms with Crippen LogP contribution in [0.4, 0.5) is 0 Å². The fourth-order valence-electron chi connectivity index (χ4n) is 4.59. The van der Waals surface area contributed by atoms with Gasteiger partial charge in [-0.25, -0.2) is 0 Å². The molecule has 1 heterocycles. The monoisotopic (exact) mass is 586 g/mol. The lowest BCUT2D eigenvalue weighted by molar-refractivity contribution is -0.196. The molecular weight excluding hydrogens is 529 g/mol. The van der Waals surface area contributed by atoms with Gasteiger partial charge in [0.2, 0.25) is 8.32 Å². The number of carbonyl (C=O) groups is 1. The number of carbonyl (C=O) groups excluding carboxylic acids is 1. The molecule has 6 nitrogen and oxygen atoms in total. The summed E-state index contributed by atoms with van der Waals surface area (Å²) in [6, 6.07) is 0. The van der Waals surface area contributed by atoms with E-state index in [2.05, 4.69) is 70.5 Å². The summed E-state index contributed by atoms with van der Waals surface area (Å²) in [7, 11) is -5.34. The quantitative estimate of drug-likeness (QED) is 0.107. The Morgan fingerprint density at radius 2 is 1.66 bits per heavy atom. The molecule has 0 bridgehead atoms. The maximum atomic E-state index is 12.0. The molecule has 0 aromatic rings. The van der Waals surface area contributed by atoms with E-state index in [0.717, 1.165) is 32.1 Å². The van der Waals surface area contributed by atoms with Crippen LogP contribution in [0, 0.1) is 5.92 Å². The Hall–Kier alpha value is -0.559. The molecule has 1 aliphatic heterocycles. The summed E-state index contributed by atoms with van der Waals surface area (Å²) >= 11 is 0. The van der Waals surface area contributed by atoms with Crippen molar-refractivity contribution in [2.75, 3.05) is 0 Å². The zero-order valence-corrected chi connectivity index (χ0v) is 29.0. The second kappa shape index (κ2) is 16.6. The molecule has 1 fully saturated rings. The maximum Gasteiger partial charge on any atom is 0.292 e. The van der Waals surface area contributed by atoms with Gasteiger partial charge in [0.15, 0.2) is 22.9 Å². The van der Waals surface area contributed by atoms with Crippen molar-refractivity contribution in [1.29, 1.82) is 0 Å². The topological polar surface area (TPSA) is 74.2 Å². The summed E-state index contributed by atoms with van der Waals surface area (Å²) in [5.74, 6) is 0.0210. The van der Waals surface area contributed by atoms with E-state index >= 15 is 0 Å². The van der Waals surface area contributed by atoms with E-state index in [9.17, 15) is 9.90 Å². The molecule has 0 aliphatic carbocycles. The average Bonchev–Trinajstić information content (AvgIpc) is 2.72. The van der Waals surface area contributed by atoms with Crippen LogP contribution in [0.5, 0.6) is 0 Å². The Kier molecular flexibility index (Phi) is 15.5. The van der Waals surface area contributed by atoms with Gasteiger partial charge in [0.25, 0.3) is 5.97 Å². The fraction of sp³-hybridized carbons (Fsp3) is 0.828. The molecule has 0 aromatic heterocycles. The van der Waals surface area contributed by atoms with Crippen molar-refractivity contribution in [1.82, 2.24) is 0 Å². The third-order valence-corrected chi connectivity index (χ3v) is 8.87. The number of hydrogen-bond donors (Lipinski definition) is 1. The Morgan fingerprint density at radius 3 is 2.24 bits per heavy atom. The molecule has 0 saturated carbocycles. The van der Waals surface area contributed by atoms with E-state index in [1.807, 2.05) is 19.6 Å². The molecule has 1 unspecified atom stereocenters. The minimum atomic E-state index is -1.82. The number of ether oxygens (including phenoxy) is 1. The SMILES string of the molecule is CCCCC[C@@H](/C=C/[C@H]1OC(O)C[C@H](O[Si](C)(C)C)[C@@H]1C/C=C\CCCC(=O)O[Si](C)(C)C)O[Si](C)(C)C. The number of hydrogen-bond acceptors (Lipinski definition) is 6. The van der Waals surface area contributed by atoms with Crippen molar-refractivity contribution in [3.63, 3.8) is 0 Å². The number of rotatable bonds is 17. The summed E-state index contributed by atoms with van der Waals surface area (Å²) in [4.78, 5) is 12.0. The maximum absolute atomic E-state index is 12.0. The molecule has 1 N–H and O–H groups in total. The Bertz CT molecular complexity index is 736. The van der Waals surface area contributed by atoms with Gasteiger partial charge in [0.05, 0.1) is 18.3 Å². The number of allylic oxidation sites excluding steroid dienone is 2. The molecule has 1 aliphatic rings. The first kappa shape index (κ1) is 35.5. The predicted octanol–water partition coefficient (Wildman–Crippen LogP) is 7.78. The highest BCUT2D eigenvalue weighted by Gasteiger charge is 2.39. The molecule has 222 valence electrons. The van der Waals surface area contributed by atoms with Crippen LogP contribution in [0.2, 0.25) is 58.9 Å². The van der Waals surface area contributed by atoms with Gasteiger partial charge in [-0.2, -0.15) is 0 Å². The molecule has 1 rings (SSSR count). The lowest BCUT2D eigenvalue weighted by atomic mass is 9.87. The molecule has 0 amide bonds. The lowest BCUT2D eigenvalue weighted by Gasteiger charge is -2.41. The third kappa shape index (κ3) is 17.2. The predicted molar refractivity (Wildman–Crippen MR) is 166 cm³/mol. The van der Waals surface area contributed by atoms with Crippen LogP contribution < -0.4 is 0 Å². The van der Waals surface area contributed by atoms with Crippen LogP contribution in [0.25, 0.3) is 0 Å². The van der Waals surface area contributed by atoms with Gasteiger partial charge in [-0.15, -0.1) is 0 Å². The highest BCUT2D eigenvalue weighted by atomic mass is 28.4. The third-order valence-electron chi connectivity index (χ3n) is 6.01. The van der Waals surface area contributed by atoms with E-state index < -0.39 is 31.2 Å². The van der Waals surface area contributed by atoms with Crippen LogP contribution in [0.15, 0.2) is 24.3 Å². The summed E-state index contributed by atoms with van der Waals surface area (Å²) in [5, 5.41) is 10.6. The second-order valence-corrected chi connectivity index (χ2v) is 26.9. The van der Waals surface area contributed by atoms with Crippen molar-refractivity contribution in [2.24, 2.45) is 5.92 Å². The van der Waals surface area contributed by atoms with E-state index in [0.29, 0.717) is 12.8 Å². The minimum Gasteiger partial charge on any atom is -0.520 e. The number of unbranched alkanes of at least 4 members (excludes halogenated alkanes) is 3. The molecule has 38 heavy (non-hydrogen) atoms. The van der Waals surface area contributed by atoms with E-state index in [-0.39, 0.29) is 30.2 Å². The van der Waals surface area contributed by atoms with Gasteiger partial charge in [-0.05, 0) is 84.6 Å². The molecule has 9 heteroatoms. The molecule has 5 atom stereocenters. The Labute approximate surface area is 236 Å². The summed E-state index contributed by atoms with van der Waals surface area (Å²) < 4.78 is 24.7. The number of aliphatic hydroxyl groups excluding tert-OH is 1. The smallest absolute Gasteiger partial charge is 0.292 e. The summed E-state index contributed by atoms with van der Waals surface area (Å²) in [6.07, 6.45) is 15.4. The molecule has 0 spiro atoms.